The van der Waals surface area contributed by atoms with Crippen molar-refractivity contribution < 1.29 is 31.1 Å². The molecule has 0 spiro atoms. The monoisotopic (exact) mass is 625 g/mol. The first-order chi connectivity index (χ1) is 12.1. The molecular weight excluding hydrogens is 600 g/mol. The topological polar surface area (TPSA) is 27.3 Å². The summed E-state index contributed by atoms with van der Waals surface area (Å²) in [4.78, 5) is 3.43. The number of hydrogen-bond acceptors (Lipinski definition) is 3. The predicted octanol–water partition coefficient (Wildman–Crippen LogP) is 5.21. The molecule has 1 saturated heterocycles. The molecule has 2 aromatic rings. The van der Waals surface area contributed by atoms with E-state index in [2.05, 4.69) is 45.9 Å². The molecule has 0 radical (unpaired) electrons. The third kappa shape index (κ3) is 6.12. The van der Waals surface area contributed by atoms with Gasteiger partial charge in [-0.3, -0.25) is 0 Å². The van der Waals surface area contributed by atoms with Gasteiger partial charge in [0.1, 0.15) is 0 Å². The number of nitrogens with zero attached hydrogens (tertiary/aromatic N) is 1. The third-order valence-corrected chi connectivity index (χ3v) is 5.48. The summed E-state index contributed by atoms with van der Waals surface area (Å²) in [5, 5.41) is 7.04. The number of thiocarbonyl (C=S) groups is 1. The maximum absolute atomic E-state index is 6.20. The van der Waals surface area contributed by atoms with Gasteiger partial charge in [0.25, 0.3) is 0 Å². The second-order valence-corrected chi connectivity index (χ2v) is 7.22. The first-order valence-electron chi connectivity index (χ1n) is 8.54. The minimum absolute atomic E-state index is 0. The fourth-order valence-corrected chi connectivity index (χ4v) is 3.88. The van der Waals surface area contributed by atoms with Crippen molar-refractivity contribution in [3.63, 3.8) is 0 Å². The molecule has 1 unspecified atom stereocenters. The molecule has 1 atom stereocenters. The number of rotatable bonds is 6. The van der Waals surface area contributed by atoms with Crippen molar-refractivity contribution >= 4 is 40.2 Å². The van der Waals surface area contributed by atoms with E-state index >= 15 is 0 Å². The van der Waals surface area contributed by atoms with E-state index in [-0.39, 0.29) is 38.5 Å². The summed E-state index contributed by atoms with van der Waals surface area (Å²) >= 11 is 11.8. The van der Waals surface area contributed by atoms with Gasteiger partial charge in [0.05, 0.1) is 15.7 Å². The van der Waals surface area contributed by atoms with Crippen molar-refractivity contribution in [2.24, 2.45) is 0 Å². The maximum Gasteiger partial charge on any atom is 2.00 e. The average Bonchev–Trinajstić information content (AvgIpc) is 2.96. The van der Waals surface area contributed by atoms with Crippen LogP contribution in [0.2, 0.25) is 5.02 Å². The van der Waals surface area contributed by atoms with Gasteiger partial charge in [0.15, 0.2) is 0 Å². The van der Waals surface area contributed by atoms with E-state index in [1.807, 2.05) is 26.2 Å². The smallest absolute Gasteiger partial charge is 0.410 e. The number of nitrogens with one attached hydrogen (secondary N) is 2. The van der Waals surface area contributed by atoms with Crippen LogP contribution in [0.1, 0.15) is 24.0 Å². The fraction of sp³-hybridized carbons (Fsp3) is 0.333. The van der Waals surface area contributed by atoms with Crippen LogP contribution < -0.4 is 10.6 Å². The molecule has 3 rings (SSSR count). The Hall–Kier alpha value is -0.728. The van der Waals surface area contributed by atoms with Crippen LogP contribution in [-0.4, -0.2) is 30.0 Å². The molecule has 1 aliphatic rings. The summed E-state index contributed by atoms with van der Waals surface area (Å²) in [6.45, 7) is 0.827. The normalized spacial score (nSPS) is 15.7. The van der Waals surface area contributed by atoms with Crippen LogP contribution in [0.15, 0.2) is 36.4 Å². The van der Waals surface area contributed by atoms with Gasteiger partial charge in [-0.25, -0.2) is 0 Å². The Morgan fingerprint density at radius 2 is 1.96 bits per heavy atom. The van der Waals surface area contributed by atoms with Gasteiger partial charge in [-0.1, -0.05) is 35.6 Å². The van der Waals surface area contributed by atoms with Crippen LogP contribution in [-0.2, 0) is 13.0 Å². The van der Waals surface area contributed by atoms with E-state index in [1.54, 1.807) is 0 Å². The quantitative estimate of drug-likeness (QED) is 0.341. The summed E-state index contributed by atoms with van der Waals surface area (Å²) in [5.74, 6) is 0. The molecule has 1 aliphatic heterocycles. The maximum atomic E-state index is 6.20. The van der Waals surface area contributed by atoms with Crippen molar-refractivity contribution in [1.29, 1.82) is 0 Å². The third-order valence-electron chi connectivity index (χ3n) is 4.71. The first kappa shape index (κ1) is 24.3. The van der Waals surface area contributed by atoms with Crippen molar-refractivity contribution in [2.75, 3.05) is 24.7 Å². The minimum Gasteiger partial charge on any atom is -0.410 e. The van der Waals surface area contributed by atoms with E-state index in [1.165, 1.54) is 11.1 Å². The predicted molar refractivity (Wildman–Crippen MR) is 117 cm³/mol. The Bertz CT molecular complexity index is 769. The Balaban J connectivity index is 0.00000182. The van der Waals surface area contributed by atoms with Gasteiger partial charge >= 0.3 is 31.1 Å². The number of hydrogen-bond donors (Lipinski definition) is 2. The van der Waals surface area contributed by atoms with Crippen LogP contribution >= 0.6 is 23.8 Å². The second kappa shape index (κ2) is 11.3. The molecule has 6 heteroatoms. The Kier molecular flexibility index (Phi) is 10.2. The van der Waals surface area contributed by atoms with Gasteiger partial charge < -0.3 is 23.0 Å². The van der Waals surface area contributed by atoms with E-state index in [0.717, 1.165) is 47.2 Å². The van der Waals surface area contributed by atoms with Crippen molar-refractivity contribution in [1.82, 2.24) is 4.90 Å². The number of anilines is 2. The average molecular weight is 626 g/mol. The molecule has 0 saturated carbocycles. The van der Waals surface area contributed by atoms with Gasteiger partial charge in [0, 0.05) is 26.7 Å². The summed E-state index contributed by atoms with van der Waals surface area (Å²) in [5.41, 5.74) is 4.52. The summed E-state index contributed by atoms with van der Waals surface area (Å²) in [6, 6.07) is 16.1. The zero-order valence-corrected chi connectivity index (χ0v) is 21.8. The molecule has 1 fully saturated rings. The summed E-state index contributed by atoms with van der Waals surface area (Å²) in [7, 11) is 3.81. The van der Waals surface area contributed by atoms with Crippen molar-refractivity contribution in [3.05, 3.63) is 66.0 Å². The zero-order valence-electron chi connectivity index (χ0n) is 16.1. The van der Waals surface area contributed by atoms with Crippen LogP contribution in [0, 0.1) is 44.6 Å². The molecular formula is C21H26ClN3SU. The Morgan fingerprint density at radius 1 is 1.19 bits per heavy atom. The van der Waals surface area contributed by atoms with E-state index < -0.39 is 0 Å². The van der Waals surface area contributed by atoms with Gasteiger partial charge in [-0.15, -0.1) is 6.07 Å². The summed E-state index contributed by atoms with van der Waals surface area (Å²) in [6.07, 6.45) is 3.10. The number of likely N-dealkylation sites (tertiary alicyclic amines) is 1. The van der Waals surface area contributed by atoms with Gasteiger partial charge in [-0.2, -0.15) is 23.8 Å². The van der Waals surface area contributed by atoms with Crippen LogP contribution in [0.5, 0.6) is 0 Å². The largest absolute Gasteiger partial charge is 2.00 e. The molecule has 1 heterocycles. The molecule has 0 aromatic heterocycles. The Labute approximate surface area is 197 Å². The fourth-order valence-electron chi connectivity index (χ4n) is 3.34. The van der Waals surface area contributed by atoms with Crippen LogP contribution in [0.4, 0.5) is 11.4 Å². The van der Waals surface area contributed by atoms with Crippen LogP contribution in [0.25, 0.3) is 0 Å². The van der Waals surface area contributed by atoms with E-state index in [4.69, 9.17) is 23.8 Å². The number of halogens is 1. The standard InChI is InChI=1S/C20H23ClN3S.CH3.U/c1-22-16-5-3-4-14(10-16)11-17-7-9-20(25)24(17)13-15-6-8-18(21)19(12-15)23-2;;/h3-4,6,8,10,12,17,22-23H,7,9,11,13H2,1-2H3;1H3;/q2*-1;+2. The molecule has 142 valence electrons. The molecule has 2 aromatic carbocycles. The molecule has 0 amide bonds. The van der Waals surface area contributed by atoms with Crippen molar-refractivity contribution in [3.8, 4) is 0 Å². The molecule has 2 N–H and O–H groups in total. The first-order valence-corrected chi connectivity index (χ1v) is 9.33. The van der Waals surface area contributed by atoms with Crippen molar-refractivity contribution in [2.45, 2.75) is 31.8 Å². The Morgan fingerprint density at radius 3 is 2.67 bits per heavy atom. The zero-order chi connectivity index (χ0) is 17.8. The molecule has 27 heavy (non-hydrogen) atoms. The van der Waals surface area contributed by atoms with Crippen LogP contribution in [0.3, 0.4) is 0 Å². The van der Waals surface area contributed by atoms with E-state index in [9.17, 15) is 0 Å². The summed E-state index contributed by atoms with van der Waals surface area (Å²) < 4.78 is 0. The van der Waals surface area contributed by atoms with E-state index in [0.29, 0.717) is 6.04 Å². The SMILES string of the molecule is CNc1[c-]ccc(CC2CCC(=S)N2Cc2ccc(Cl)c(NC)c2)c1.[CH3-].[U+2]. The molecule has 3 nitrogen and oxygen atoms in total. The van der Waals surface area contributed by atoms with Gasteiger partial charge in [0.2, 0.25) is 0 Å². The molecule has 0 bridgehead atoms. The number of benzene rings is 2. The molecule has 0 aliphatic carbocycles. The van der Waals surface area contributed by atoms with Gasteiger partial charge in [-0.05, 0) is 37.0 Å². The second-order valence-electron chi connectivity index (χ2n) is 6.34. The minimum atomic E-state index is 0.